The number of aromatic nitrogens is 1. The van der Waals surface area contributed by atoms with Crippen molar-refractivity contribution >= 4 is 18.1 Å². The molecule has 0 atom stereocenters. The first kappa shape index (κ1) is 22.9. The zero-order valence-corrected chi connectivity index (χ0v) is 17.0. The molecule has 0 bridgehead atoms. The first-order chi connectivity index (χ1) is 15.3. The molecule has 12 heteroatoms. The number of hydrogen-bond donors (Lipinski definition) is 2. The topological polar surface area (TPSA) is 121 Å². The van der Waals surface area contributed by atoms with Crippen LogP contribution in [0.3, 0.4) is 0 Å². The fourth-order valence-electron chi connectivity index (χ4n) is 3.19. The van der Waals surface area contributed by atoms with Crippen molar-refractivity contribution in [2.24, 2.45) is 0 Å². The van der Waals surface area contributed by atoms with E-state index in [-0.39, 0.29) is 38.5 Å². The van der Waals surface area contributed by atoms with Crippen LogP contribution in [0, 0.1) is 11.6 Å². The molecule has 2 amide bonds. The van der Waals surface area contributed by atoms with Gasteiger partial charge in [-0.1, -0.05) is 6.07 Å². The first-order valence-corrected chi connectivity index (χ1v) is 9.46. The fourth-order valence-corrected chi connectivity index (χ4v) is 3.19. The Morgan fingerprint density at radius 1 is 1.31 bits per heavy atom. The summed E-state index contributed by atoms with van der Waals surface area (Å²) >= 11 is 0. The summed E-state index contributed by atoms with van der Waals surface area (Å²) in [7, 11) is 1.44. The van der Waals surface area contributed by atoms with E-state index in [1.165, 1.54) is 17.0 Å². The van der Waals surface area contributed by atoms with Gasteiger partial charge in [0.2, 0.25) is 5.43 Å². The predicted molar refractivity (Wildman–Crippen MR) is 107 cm³/mol. The molecule has 0 radical (unpaired) electrons. The first-order valence-electron chi connectivity index (χ1n) is 9.46. The van der Waals surface area contributed by atoms with Gasteiger partial charge in [0.05, 0.1) is 13.2 Å². The van der Waals surface area contributed by atoms with Crippen molar-refractivity contribution in [2.45, 2.75) is 6.54 Å². The van der Waals surface area contributed by atoms with Crippen molar-refractivity contribution in [1.82, 2.24) is 14.9 Å². The number of fused-ring (bicyclic) bond motifs is 1. The summed E-state index contributed by atoms with van der Waals surface area (Å²) in [5, 5.41) is 14.1. The van der Waals surface area contributed by atoms with Gasteiger partial charge in [0.15, 0.2) is 11.4 Å². The van der Waals surface area contributed by atoms with Crippen molar-refractivity contribution in [3.63, 3.8) is 0 Å². The van der Waals surface area contributed by atoms with Crippen LogP contribution in [0.2, 0.25) is 0 Å². The second-order valence-corrected chi connectivity index (χ2v) is 6.89. The minimum atomic E-state index is -1.11. The Bertz CT molecular complexity index is 1120. The molecule has 32 heavy (non-hydrogen) atoms. The third-order valence-electron chi connectivity index (χ3n) is 4.84. The zero-order valence-electron chi connectivity index (χ0n) is 17.0. The third-order valence-corrected chi connectivity index (χ3v) is 4.84. The highest BCUT2D eigenvalue weighted by molar-refractivity contribution is 5.99. The minimum Gasteiger partial charge on any atom is -0.502 e. The monoisotopic (exact) mass is 450 g/mol. The Kier molecular flexibility index (Phi) is 6.83. The maximum atomic E-state index is 13.8. The number of methoxy groups -OCH3 is 1. The van der Waals surface area contributed by atoms with E-state index in [1.807, 2.05) is 0 Å². The van der Waals surface area contributed by atoms with E-state index >= 15 is 0 Å². The van der Waals surface area contributed by atoms with Crippen molar-refractivity contribution in [3.8, 4) is 5.75 Å². The lowest BCUT2D eigenvalue weighted by atomic mass is 10.1. The molecule has 10 nitrogen and oxygen atoms in total. The van der Waals surface area contributed by atoms with Gasteiger partial charge in [0.1, 0.15) is 30.2 Å². The van der Waals surface area contributed by atoms with E-state index < -0.39 is 45.9 Å². The Morgan fingerprint density at radius 3 is 2.72 bits per heavy atom. The highest BCUT2D eigenvalue weighted by Crippen LogP contribution is 2.21. The largest absolute Gasteiger partial charge is 0.502 e. The van der Waals surface area contributed by atoms with Gasteiger partial charge in [0, 0.05) is 38.0 Å². The van der Waals surface area contributed by atoms with Crippen LogP contribution >= 0.6 is 0 Å². The standard InChI is InChI=1S/C20H20F2N4O6/c1-32-7-5-24-11-25(4-6-27)26-10-14(17(28)18(29)16(26)20(24)31)19(30)23-9-12-2-3-13(21)8-15(12)22/h2-3,6,8,10,29H,4-5,7,9,11H2,1H3,(H,23,30). The summed E-state index contributed by atoms with van der Waals surface area (Å²) in [6, 6.07) is 2.81. The van der Waals surface area contributed by atoms with E-state index in [1.54, 1.807) is 0 Å². The summed E-state index contributed by atoms with van der Waals surface area (Å²) in [4.78, 5) is 50.3. The lowest BCUT2D eigenvalue weighted by Crippen LogP contribution is -2.55. The Labute approximate surface area is 180 Å². The van der Waals surface area contributed by atoms with Gasteiger partial charge in [-0.25, -0.2) is 8.78 Å². The van der Waals surface area contributed by atoms with Crippen LogP contribution in [0.4, 0.5) is 8.78 Å². The molecule has 1 aromatic heterocycles. The lowest BCUT2D eigenvalue weighted by Gasteiger charge is -2.38. The van der Waals surface area contributed by atoms with Crippen LogP contribution in [-0.4, -0.2) is 66.3 Å². The lowest BCUT2D eigenvalue weighted by molar-refractivity contribution is -0.107. The molecule has 0 fully saturated rings. The van der Waals surface area contributed by atoms with Gasteiger partial charge in [0.25, 0.3) is 11.8 Å². The third kappa shape index (κ3) is 4.44. The Hall–Kier alpha value is -3.80. The van der Waals surface area contributed by atoms with Crippen LogP contribution in [0.5, 0.6) is 5.75 Å². The molecular formula is C20H20F2N4O6. The fraction of sp³-hybridized carbons (Fsp3) is 0.300. The van der Waals surface area contributed by atoms with Crippen molar-refractivity contribution < 1.29 is 33.0 Å². The summed E-state index contributed by atoms with van der Waals surface area (Å²) in [5.41, 5.74) is -2.06. The average molecular weight is 450 g/mol. The number of hydrogen-bond acceptors (Lipinski definition) is 7. The maximum absolute atomic E-state index is 13.8. The molecule has 0 saturated heterocycles. The van der Waals surface area contributed by atoms with Gasteiger partial charge in [-0.05, 0) is 6.07 Å². The van der Waals surface area contributed by atoms with Gasteiger partial charge < -0.3 is 24.9 Å². The molecule has 0 spiro atoms. The number of ether oxygens (including phenoxy) is 1. The predicted octanol–water partition coefficient (Wildman–Crippen LogP) is -0.0413. The molecule has 1 aromatic carbocycles. The Balaban J connectivity index is 1.94. The van der Waals surface area contributed by atoms with Crippen LogP contribution in [-0.2, 0) is 16.1 Å². The number of nitrogens with zero attached hydrogens (tertiary/aromatic N) is 3. The van der Waals surface area contributed by atoms with Gasteiger partial charge in [-0.3, -0.25) is 24.1 Å². The zero-order chi connectivity index (χ0) is 23.4. The second kappa shape index (κ2) is 9.56. The minimum absolute atomic E-state index is 0.0198. The summed E-state index contributed by atoms with van der Waals surface area (Å²) in [6.45, 7) is -0.281. The molecular weight excluding hydrogens is 430 g/mol. The normalized spacial score (nSPS) is 13.2. The molecule has 0 saturated carbocycles. The number of halogens is 2. The number of pyridine rings is 1. The van der Waals surface area contributed by atoms with E-state index in [9.17, 15) is 33.1 Å². The average Bonchev–Trinajstić information content (AvgIpc) is 2.76. The second-order valence-electron chi connectivity index (χ2n) is 6.89. The van der Waals surface area contributed by atoms with Crippen molar-refractivity contribution in [1.29, 1.82) is 0 Å². The van der Waals surface area contributed by atoms with Gasteiger partial charge in [-0.2, -0.15) is 0 Å². The van der Waals surface area contributed by atoms with Gasteiger partial charge >= 0.3 is 0 Å². The van der Waals surface area contributed by atoms with Crippen LogP contribution in [0.1, 0.15) is 26.4 Å². The number of aldehydes is 1. The quantitative estimate of drug-likeness (QED) is 0.542. The highest BCUT2D eigenvalue weighted by Gasteiger charge is 2.34. The molecule has 0 aliphatic carbocycles. The van der Waals surface area contributed by atoms with E-state index in [4.69, 9.17) is 4.74 Å². The summed E-state index contributed by atoms with van der Waals surface area (Å²) in [5.74, 6) is -4.26. The van der Waals surface area contributed by atoms with Gasteiger partial charge in [-0.15, -0.1) is 0 Å². The molecule has 2 aromatic rings. The molecule has 2 heterocycles. The van der Waals surface area contributed by atoms with Crippen molar-refractivity contribution in [3.05, 3.63) is 63.1 Å². The van der Waals surface area contributed by atoms with Crippen LogP contribution < -0.4 is 15.8 Å². The highest BCUT2D eigenvalue weighted by atomic mass is 19.1. The van der Waals surface area contributed by atoms with Crippen molar-refractivity contribution in [2.75, 3.05) is 38.5 Å². The Morgan fingerprint density at radius 2 is 2.06 bits per heavy atom. The van der Waals surface area contributed by atoms with E-state index in [0.717, 1.165) is 23.0 Å². The van der Waals surface area contributed by atoms with Crippen LogP contribution in [0.15, 0.2) is 29.2 Å². The summed E-state index contributed by atoms with van der Waals surface area (Å²) in [6.07, 6.45) is 1.59. The smallest absolute Gasteiger partial charge is 0.277 e. The van der Waals surface area contributed by atoms with Crippen LogP contribution in [0.25, 0.3) is 0 Å². The number of carbonyl (C=O) groups is 3. The molecule has 2 N–H and O–H groups in total. The number of carbonyl (C=O) groups excluding carboxylic acids is 3. The molecule has 1 aliphatic rings. The number of rotatable bonds is 8. The molecule has 0 unspecified atom stereocenters. The number of aromatic hydroxyl groups is 1. The molecule has 170 valence electrons. The molecule has 1 aliphatic heterocycles. The summed E-state index contributed by atoms with van der Waals surface area (Å²) < 4.78 is 32.8. The SMILES string of the molecule is COCCN1CN(CC=O)n2cc(C(=O)NCc3ccc(F)cc3F)c(=O)c(O)c2C1=O. The number of amides is 2. The molecule has 3 rings (SSSR count). The maximum Gasteiger partial charge on any atom is 0.277 e. The number of nitrogens with one attached hydrogen (secondary N) is 1. The van der Waals surface area contributed by atoms with E-state index in [2.05, 4.69) is 5.32 Å². The van der Waals surface area contributed by atoms with E-state index in [0.29, 0.717) is 12.4 Å². The number of benzene rings is 1.